The molecule has 3 aromatic rings. The summed E-state index contributed by atoms with van der Waals surface area (Å²) in [5.41, 5.74) is 1.10. The van der Waals surface area contributed by atoms with Crippen molar-refractivity contribution in [3.05, 3.63) is 88.7 Å². The van der Waals surface area contributed by atoms with Crippen molar-refractivity contribution in [3.63, 3.8) is 0 Å². The largest absolute Gasteiger partial charge is 0.495 e. The van der Waals surface area contributed by atoms with E-state index < -0.39 is 34.3 Å². The Bertz CT molecular complexity index is 1540. The van der Waals surface area contributed by atoms with Crippen LogP contribution in [0.15, 0.2) is 71.6 Å². The summed E-state index contributed by atoms with van der Waals surface area (Å²) in [5.74, 6) is -1.45. The lowest BCUT2D eigenvalue weighted by atomic mass is 9.95. The van der Waals surface area contributed by atoms with Crippen molar-refractivity contribution in [2.75, 3.05) is 18.0 Å². The number of aryl methyl sites for hydroxylation is 1. The summed E-state index contributed by atoms with van der Waals surface area (Å²) in [6.07, 6.45) is 4.81. The quantitative estimate of drug-likeness (QED) is 0.287. The third-order valence-electron chi connectivity index (χ3n) is 7.71. The van der Waals surface area contributed by atoms with E-state index in [1.54, 1.807) is 31.2 Å². The number of nitrogens with zero attached hydrogens (tertiary/aromatic N) is 2. The van der Waals surface area contributed by atoms with Gasteiger partial charge in [-0.25, -0.2) is 12.8 Å². The summed E-state index contributed by atoms with van der Waals surface area (Å²) in [4.78, 5) is 28.7. The first-order valence-electron chi connectivity index (χ1n) is 14.3. The number of rotatable bonds is 11. The summed E-state index contributed by atoms with van der Waals surface area (Å²) >= 11 is 6.28. The molecule has 1 fully saturated rings. The monoisotopic (exact) mass is 629 g/mol. The number of hydrogen-bond donors (Lipinski definition) is 1. The second-order valence-corrected chi connectivity index (χ2v) is 13.1. The molecule has 0 heterocycles. The highest BCUT2D eigenvalue weighted by Crippen LogP contribution is 2.35. The Hall–Kier alpha value is -3.63. The number of carbonyl (C=O) groups excluding carboxylic acids is 2. The van der Waals surface area contributed by atoms with Crippen molar-refractivity contribution in [3.8, 4) is 5.75 Å². The highest BCUT2D eigenvalue weighted by atomic mass is 35.5. The number of ether oxygens (including phenoxy) is 1. The average molecular weight is 630 g/mol. The average Bonchev–Trinajstić information content (AvgIpc) is 2.99. The van der Waals surface area contributed by atoms with Crippen molar-refractivity contribution < 1.29 is 27.1 Å². The predicted molar refractivity (Wildman–Crippen MR) is 165 cm³/mol. The molecule has 1 saturated carbocycles. The Morgan fingerprint density at radius 3 is 2.37 bits per heavy atom. The molecular weight excluding hydrogens is 593 g/mol. The van der Waals surface area contributed by atoms with Crippen LogP contribution < -0.4 is 14.4 Å². The number of sulfonamides is 1. The zero-order valence-corrected chi connectivity index (χ0v) is 26.1. The van der Waals surface area contributed by atoms with Crippen LogP contribution in [-0.2, 0) is 26.2 Å². The molecule has 11 heteroatoms. The maximum atomic E-state index is 14.8. The van der Waals surface area contributed by atoms with Gasteiger partial charge in [0, 0.05) is 23.2 Å². The first-order chi connectivity index (χ1) is 20.5. The Kier molecular flexibility index (Phi) is 10.7. The van der Waals surface area contributed by atoms with E-state index in [-0.39, 0.29) is 45.4 Å². The fourth-order valence-electron chi connectivity index (χ4n) is 5.17. The molecule has 8 nitrogen and oxygen atoms in total. The van der Waals surface area contributed by atoms with Crippen LogP contribution in [0.2, 0.25) is 5.02 Å². The summed E-state index contributed by atoms with van der Waals surface area (Å²) in [5, 5.41) is 3.26. The van der Waals surface area contributed by atoms with E-state index in [0.29, 0.717) is 0 Å². The van der Waals surface area contributed by atoms with Crippen LogP contribution in [0.3, 0.4) is 0 Å². The number of halogens is 2. The first kappa shape index (κ1) is 32.3. The second-order valence-electron chi connectivity index (χ2n) is 10.8. The lowest BCUT2D eigenvalue weighted by Crippen LogP contribution is -2.53. The zero-order valence-electron chi connectivity index (χ0n) is 24.6. The molecule has 0 radical (unpaired) electrons. The molecule has 3 aromatic carbocycles. The summed E-state index contributed by atoms with van der Waals surface area (Å²) in [6.45, 7) is 2.46. The number of nitrogens with one attached hydrogen (secondary N) is 1. The molecule has 0 bridgehead atoms. The predicted octanol–water partition coefficient (Wildman–Crippen LogP) is 5.86. The number of methoxy groups -OCH3 is 1. The summed E-state index contributed by atoms with van der Waals surface area (Å²) in [6, 6.07) is 15.6. The van der Waals surface area contributed by atoms with Gasteiger partial charge in [-0.2, -0.15) is 0 Å². The Balaban J connectivity index is 1.74. The van der Waals surface area contributed by atoms with Gasteiger partial charge in [0.05, 0.1) is 17.7 Å². The van der Waals surface area contributed by atoms with Crippen LogP contribution in [0.5, 0.6) is 5.75 Å². The Morgan fingerprint density at radius 1 is 1.05 bits per heavy atom. The number of amides is 2. The van der Waals surface area contributed by atoms with Crippen molar-refractivity contribution in [2.45, 2.75) is 69.5 Å². The standard InChI is InChI=1S/C32H37ClFN3O5S/c1-22-13-16-27(17-14-22)43(40,41)37(29-19-25(33)15-18-30(29)42-3)21-31(38)36(20-24-9-7-8-12-28(24)34)23(2)32(39)35-26-10-5-4-6-11-26/h7-9,12-19,23,26H,4-6,10-11,20-21H2,1-3H3,(H,35,39)/t23-/m1/s1. The van der Waals surface area contributed by atoms with E-state index in [9.17, 15) is 22.4 Å². The summed E-state index contributed by atoms with van der Waals surface area (Å²) < 4.78 is 49.3. The van der Waals surface area contributed by atoms with Crippen molar-refractivity contribution in [1.82, 2.24) is 10.2 Å². The molecule has 0 aromatic heterocycles. The van der Waals surface area contributed by atoms with Crippen LogP contribution >= 0.6 is 11.6 Å². The Labute approximate surface area is 257 Å². The Morgan fingerprint density at radius 2 is 1.72 bits per heavy atom. The molecule has 1 aliphatic rings. The third-order valence-corrected chi connectivity index (χ3v) is 9.72. The molecule has 0 spiro atoms. The zero-order chi connectivity index (χ0) is 31.1. The summed E-state index contributed by atoms with van der Waals surface area (Å²) in [7, 11) is -2.94. The van der Waals surface area contributed by atoms with E-state index in [2.05, 4.69) is 5.32 Å². The maximum Gasteiger partial charge on any atom is 0.264 e. The molecule has 230 valence electrons. The molecule has 0 aliphatic heterocycles. The minimum atomic E-state index is -4.33. The number of carbonyl (C=O) groups is 2. The van der Waals surface area contributed by atoms with Crippen molar-refractivity contribution in [2.24, 2.45) is 0 Å². The van der Waals surface area contributed by atoms with Gasteiger partial charge in [0.15, 0.2) is 0 Å². The van der Waals surface area contributed by atoms with E-state index in [0.717, 1.165) is 42.0 Å². The number of benzene rings is 3. The van der Waals surface area contributed by atoms with E-state index >= 15 is 0 Å². The molecular formula is C32H37ClFN3O5S. The molecule has 0 unspecified atom stereocenters. The topological polar surface area (TPSA) is 96.0 Å². The normalized spacial score (nSPS) is 14.5. The van der Waals surface area contributed by atoms with Gasteiger partial charge in [-0.15, -0.1) is 0 Å². The van der Waals surface area contributed by atoms with Gasteiger partial charge < -0.3 is 15.0 Å². The van der Waals surface area contributed by atoms with Gasteiger partial charge in [-0.05, 0) is 63.1 Å². The smallest absolute Gasteiger partial charge is 0.264 e. The fourth-order valence-corrected chi connectivity index (χ4v) is 6.75. The van der Waals surface area contributed by atoms with Crippen molar-refractivity contribution in [1.29, 1.82) is 0 Å². The van der Waals surface area contributed by atoms with Gasteiger partial charge >= 0.3 is 0 Å². The minimum absolute atomic E-state index is 0.0109. The molecule has 1 aliphatic carbocycles. The number of anilines is 1. The van der Waals surface area contributed by atoms with Gasteiger partial charge in [0.25, 0.3) is 10.0 Å². The van der Waals surface area contributed by atoms with Gasteiger partial charge in [0.1, 0.15) is 24.2 Å². The van der Waals surface area contributed by atoms with E-state index in [1.807, 2.05) is 6.92 Å². The first-order valence-corrected chi connectivity index (χ1v) is 16.1. The van der Waals surface area contributed by atoms with Crippen LogP contribution in [0.1, 0.15) is 50.2 Å². The van der Waals surface area contributed by atoms with Crippen molar-refractivity contribution >= 4 is 39.1 Å². The number of hydrogen-bond acceptors (Lipinski definition) is 5. The van der Waals surface area contributed by atoms with Gasteiger partial charge in [-0.3, -0.25) is 13.9 Å². The van der Waals surface area contributed by atoms with Crippen LogP contribution in [0, 0.1) is 12.7 Å². The molecule has 4 rings (SSSR count). The van der Waals surface area contributed by atoms with Crippen LogP contribution in [-0.4, -0.2) is 50.9 Å². The molecule has 2 amide bonds. The second kappa shape index (κ2) is 14.2. The highest BCUT2D eigenvalue weighted by Gasteiger charge is 2.34. The fraction of sp³-hybridized carbons (Fsp3) is 0.375. The lowest BCUT2D eigenvalue weighted by Gasteiger charge is -2.33. The minimum Gasteiger partial charge on any atom is -0.495 e. The van der Waals surface area contributed by atoms with E-state index in [4.69, 9.17) is 16.3 Å². The van der Waals surface area contributed by atoms with Gasteiger partial charge in [0.2, 0.25) is 11.8 Å². The molecule has 1 N–H and O–H groups in total. The SMILES string of the molecule is COc1ccc(Cl)cc1N(CC(=O)N(Cc1ccccc1F)[C@H](C)C(=O)NC1CCCCC1)S(=O)(=O)c1ccc(C)cc1. The molecule has 1 atom stereocenters. The lowest BCUT2D eigenvalue weighted by molar-refractivity contribution is -0.139. The maximum absolute atomic E-state index is 14.8. The van der Waals surface area contributed by atoms with Gasteiger partial charge in [-0.1, -0.05) is 66.8 Å². The van der Waals surface area contributed by atoms with E-state index in [1.165, 1.54) is 54.5 Å². The molecule has 0 saturated heterocycles. The third kappa shape index (κ3) is 7.86. The molecule has 43 heavy (non-hydrogen) atoms. The van der Waals surface area contributed by atoms with Crippen LogP contribution in [0.25, 0.3) is 0 Å². The van der Waals surface area contributed by atoms with Crippen LogP contribution in [0.4, 0.5) is 10.1 Å². The highest BCUT2D eigenvalue weighted by molar-refractivity contribution is 7.92.